The SMILES string of the molecule is Cc1ccc(OCC#N)c(CNC(C)C)n1. The Morgan fingerprint density at radius 2 is 2.25 bits per heavy atom. The summed E-state index contributed by atoms with van der Waals surface area (Å²) in [6.45, 7) is 6.80. The van der Waals surface area contributed by atoms with Crippen LogP contribution in [-0.4, -0.2) is 17.6 Å². The Labute approximate surface area is 96.3 Å². The average Bonchev–Trinajstić information content (AvgIpc) is 2.25. The first kappa shape index (κ1) is 12.5. The number of aromatic nitrogens is 1. The van der Waals surface area contributed by atoms with Crippen LogP contribution < -0.4 is 10.1 Å². The van der Waals surface area contributed by atoms with Gasteiger partial charge in [0.25, 0.3) is 0 Å². The second kappa shape index (κ2) is 6.09. The molecule has 0 bridgehead atoms. The van der Waals surface area contributed by atoms with Crippen LogP contribution >= 0.6 is 0 Å². The fourth-order valence-corrected chi connectivity index (χ4v) is 1.27. The van der Waals surface area contributed by atoms with Gasteiger partial charge in [0.1, 0.15) is 11.8 Å². The van der Waals surface area contributed by atoms with Gasteiger partial charge >= 0.3 is 0 Å². The molecule has 0 unspecified atom stereocenters. The molecule has 0 atom stereocenters. The Kier molecular flexibility index (Phi) is 4.74. The molecular weight excluding hydrogens is 202 g/mol. The summed E-state index contributed by atoms with van der Waals surface area (Å²) in [5, 5.41) is 11.8. The Morgan fingerprint density at radius 3 is 2.88 bits per heavy atom. The zero-order valence-corrected chi connectivity index (χ0v) is 9.95. The molecule has 0 saturated carbocycles. The quantitative estimate of drug-likeness (QED) is 0.820. The summed E-state index contributed by atoms with van der Waals surface area (Å²) in [7, 11) is 0. The number of nitrogens with one attached hydrogen (secondary N) is 1. The molecule has 1 rings (SSSR count). The molecule has 1 aromatic heterocycles. The van der Waals surface area contributed by atoms with Crippen molar-refractivity contribution in [2.24, 2.45) is 0 Å². The number of aryl methyl sites for hydroxylation is 1. The highest BCUT2D eigenvalue weighted by Gasteiger charge is 2.06. The van der Waals surface area contributed by atoms with E-state index in [0.717, 1.165) is 11.4 Å². The molecule has 1 aromatic rings. The maximum Gasteiger partial charge on any atom is 0.174 e. The summed E-state index contributed by atoms with van der Waals surface area (Å²) < 4.78 is 5.31. The van der Waals surface area contributed by atoms with Crippen LogP contribution in [0.5, 0.6) is 5.75 Å². The van der Waals surface area contributed by atoms with Gasteiger partial charge in [0.2, 0.25) is 0 Å². The van der Waals surface area contributed by atoms with Crippen molar-refractivity contribution < 1.29 is 4.74 Å². The Hall–Kier alpha value is -1.60. The largest absolute Gasteiger partial charge is 0.477 e. The van der Waals surface area contributed by atoms with Crippen molar-refractivity contribution in [3.8, 4) is 11.8 Å². The van der Waals surface area contributed by atoms with E-state index in [-0.39, 0.29) is 6.61 Å². The van der Waals surface area contributed by atoms with Crippen molar-refractivity contribution in [2.45, 2.75) is 33.4 Å². The van der Waals surface area contributed by atoms with E-state index in [1.807, 2.05) is 25.1 Å². The normalized spacial score (nSPS) is 10.2. The standard InChI is InChI=1S/C12H17N3O/c1-9(2)14-8-11-12(16-7-6-13)5-4-10(3)15-11/h4-5,9,14H,7-8H2,1-3H3. The van der Waals surface area contributed by atoms with Crippen molar-refractivity contribution in [1.82, 2.24) is 10.3 Å². The molecule has 4 heteroatoms. The minimum Gasteiger partial charge on any atom is -0.477 e. The smallest absolute Gasteiger partial charge is 0.174 e. The van der Waals surface area contributed by atoms with Crippen molar-refractivity contribution in [3.05, 3.63) is 23.5 Å². The van der Waals surface area contributed by atoms with Crippen molar-refractivity contribution in [3.63, 3.8) is 0 Å². The molecule has 0 aliphatic rings. The maximum absolute atomic E-state index is 8.48. The predicted molar refractivity (Wildman–Crippen MR) is 62.1 cm³/mol. The molecule has 0 spiro atoms. The van der Waals surface area contributed by atoms with Gasteiger partial charge in [0.05, 0.1) is 5.69 Å². The number of nitriles is 1. The first-order chi connectivity index (χ1) is 7.63. The lowest BCUT2D eigenvalue weighted by Gasteiger charge is -2.12. The van der Waals surface area contributed by atoms with Crippen molar-refractivity contribution >= 4 is 0 Å². The lowest BCUT2D eigenvalue weighted by atomic mass is 10.2. The van der Waals surface area contributed by atoms with Gasteiger partial charge in [-0.05, 0) is 19.1 Å². The van der Waals surface area contributed by atoms with Crippen molar-refractivity contribution in [1.29, 1.82) is 5.26 Å². The number of hydrogen-bond donors (Lipinski definition) is 1. The summed E-state index contributed by atoms with van der Waals surface area (Å²) in [4.78, 5) is 4.40. The highest BCUT2D eigenvalue weighted by Crippen LogP contribution is 2.16. The van der Waals surface area contributed by atoms with Gasteiger partial charge in [-0.3, -0.25) is 4.98 Å². The van der Waals surface area contributed by atoms with Gasteiger partial charge in [0.15, 0.2) is 6.61 Å². The van der Waals surface area contributed by atoms with E-state index >= 15 is 0 Å². The van der Waals surface area contributed by atoms with E-state index in [4.69, 9.17) is 10.00 Å². The molecule has 1 N–H and O–H groups in total. The summed E-state index contributed by atoms with van der Waals surface area (Å²) in [6.07, 6.45) is 0. The Morgan fingerprint density at radius 1 is 1.50 bits per heavy atom. The highest BCUT2D eigenvalue weighted by atomic mass is 16.5. The minimum atomic E-state index is 0.0550. The fourth-order valence-electron chi connectivity index (χ4n) is 1.27. The summed E-state index contributed by atoms with van der Waals surface area (Å²) >= 11 is 0. The van der Waals surface area contributed by atoms with Gasteiger partial charge in [0, 0.05) is 18.3 Å². The van der Waals surface area contributed by atoms with E-state index in [0.29, 0.717) is 18.3 Å². The second-order valence-corrected chi connectivity index (χ2v) is 3.88. The molecule has 0 aliphatic heterocycles. The minimum absolute atomic E-state index is 0.0550. The predicted octanol–water partition coefficient (Wildman–Crippen LogP) is 1.79. The van der Waals surface area contributed by atoms with Gasteiger partial charge in [-0.2, -0.15) is 5.26 Å². The van der Waals surface area contributed by atoms with E-state index in [9.17, 15) is 0 Å². The molecule has 0 aliphatic carbocycles. The van der Waals surface area contributed by atoms with Crippen LogP contribution in [-0.2, 0) is 6.54 Å². The van der Waals surface area contributed by atoms with Crippen LogP contribution in [0.3, 0.4) is 0 Å². The zero-order chi connectivity index (χ0) is 12.0. The molecule has 1 heterocycles. The molecule has 0 amide bonds. The van der Waals surface area contributed by atoms with Gasteiger partial charge in [-0.15, -0.1) is 0 Å². The van der Waals surface area contributed by atoms with E-state index < -0.39 is 0 Å². The summed E-state index contributed by atoms with van der Waals surface area (Å²) in [5.74, 6) is 0.681. The van der Waals surface area contributed by atoms with Crippen LogP contribution in [0, 0.1) is 18.3 Å². The molecule has 16 heavy (non-hydrogen) atoms. The number of ether oxygens (including phenoxy) is 1. The van der Waals surface area contributed by atoms with E-state index in [1.54, 1.807) is 0 Å². The van der Waals surface area contributed by atoms with Crippen LogP contribution in [0.4, 0.5) is 0 Å². The molecular formula is C12H17N3O. The van der Waals surface area contributed by atoms with Crippen LogP contribution in [0.1, 0.15) is 25.2 Å². The lowest BCUT2D eigenvalue weighted by Crippen LogP contribution is -2.23. The lowest BCUT2D eigenvalue weighted by molar-refractivity contribution is 0.359. The molecule has 0 radical (unpaired) electrons. The molecule has 86 valence electrons. The molecule has 0 fully saturated rings. The summed E-state index contributed by atoms with van der Waals surface area (Å²) in [5.41, 5.74) is 1.80. The Balaban J connectivity index is 2.77. The topological polar surface area (TPSA) is 57.9 Å². The number of pyridine rings is 1. The van der Waals surface area contributed by atoms with Crippen LogP contribution in [0.2, 0.25) is 0 Å². The maximum atomic E-state index is 8.48. The third-order valence-electron chi connectivity index (χ3n) is 2.04. The number of hydrogen-bond acceptors (Lipinski definition) is 4. The first-order valence-electron chi connectivity index (χ1n) is 5.33. The van der Waals surface area contributed by atoms with Crippen LogP contribution in [0.25, 0.3) is 0 Å². The fraction of sp³-hybridized carbons (Fsp3) is 0.500. The van der Waals surface area contributed by atoms with E-state index in [1.165, 1.54) is 0 Å². The second-order valence-electron chi connectivity index (χ2n) is 3.88. The monoisotopic (exact) mass is 219 g/mol. The third-order valence-corrected chi connectivity index (χ3v) is 2.04. The molecule has 0 aromatic carbocycles. The zero-order valence-electron chi connectivity index (χ0n) is 9.95. The Bertz CT molecular complexity index is 382. The molecule has 4 nitrogen and oxygen atoms in total. The van der Waals surface area contributed by atoms with Gasteiger partial charge in [-0.1, -0.05) is 13.8 Å². The third kappa shape index (κ3) is 3.87. The van der Waals surface area contributed by atoms with E-state index in [2.05, 4.69) is 24.1 Å². The van der Waals surface area contributed by atoms with Crippen LogP contribution in [0.15, 0.2) is 12.1 Å². The highest BCUT2D eigenvalue weighted by molar-refractivity contribution is 5.29. The first-order valence-corrected chi connectivity index (χ1v) is 5.33. The summed E-state index contributed by atoms with van der Waals surface area (Å²) in [6, 6.07) is 6.09. The van der Waals surface area contributed by atoms with Gasteiger partial charge < -0.3 is 10.1 Å². The van der Waals surface area contributed by atoms with Gasteiger partial charge in [-0.25, -0.2) is 0 Å². The average molecular weight is 219 g/mol. The number of rotatable bonds is 5. The molecule has 0 saturated heterocycles. The van der Waals surface area contributed by atoms with Crippen molar-refractivity contribution in [2.75, 3.05) is 6.61 Å². The number of nitrogens with zero attached hydrogens (tertiary/aromatic N) is 2.